The summed E-state index contributed by atoms with van der Waals surface area (Å²) in [6, 6.07) is 12.2. The van der Waals surface area contributed by atoms with Gasteiger partial charge in [0.1, 0.15) is 11.5 Å². The van der Waals surface area contributed by atoms with E-state index in [1.807, 2.05) is 12.1 Å². The van der Waals surface area contributed by atoms with Gasteiger partial charge in [0.15, 0.2) is 11.4 Å². The molecule has 0 heterocycles. The first-order valence-corrected chi connectivity index (χ1v) is 9.91. The molecule has 1 aliphatic rings. The highest BCUT2D eigenvalue weighted by Crippen LogP contribution is 2.31. The number of carbonyl (C=O) groups is 3. The Kier molecular flexibility index (Phi) is 6.44. The first-order chi connectivity index (χ1) is 14.7. The number of hydrogen-bond donors (Lipinski definition) is 2. The van der Waals surface area contributed by atoms with Crippen LogP contribution in [-0.4, -0.2) is 40.1 Å². The minimum Gasteiger partial charge on any atom is -0.493 e. The summed E-state index contributed by atoms with van der Waals surface area (Å²) in [4.78, 5) is 34.8. The lowest BCUT2D eigenvalue weighted by atomic mass is 9.86. The van der Waals surface area contributed by atoms with Gasteiger partial charge in [-0.05, 0) is 74.2 Å². The molecule has 0 aliphatic heterocycles. The second-order valence-electron chi connectivity index (χ2n) is 7.80. The Morgan fingerprint density at radius 2 is 1.84 bits per heavy atom. The first kappa shape index (κ1) is 22.1. The topological polar surface area (TPSA) is 110 Å². The molecule has 0 saturated heterocycles. The lowest BCUT2D eigenvalue weighted by Crippen LogP contribution is -2.37. The summed E-state index contributed by atoms with van der Waals surface area (Å²) in [6.07, 6.45) is 2.90. The number of benzene rings is 2. The monoisotopic (exact) mass is 424 g/mol. The van der Waals surface area contributed by atoms with Crippen LogP contribution in [0.15, 0.2) is 48.0 Å². The molecule has 7 nitrogen and oxygen atoms in total. The second-order valence-corrected chi connectivity index (χ2v) is 7.80. The molecule has 0 radical (unpaired) electrons. The third kappa shape index (κ3) is 5.51. The second kappa shape index (κ2) is 9.04. The number of aryl methyl sites for hydroxylation is 1. The highest BCUT2D eigenvalue weighted by Gasteiger charge is 2.30. The molecule has 1 aliphatic carbocycles. The van der Waals surface area contributed by atoms with E-state index in [1.54, 1.807) is 36.4 Å². The van der Waals surface area contributed by atoms with Gasteiger partial charge in [-0.2, -0.15) is 0 Å². The highest BCUT2D eigenvalue weighted by molar-refractivity contribution is 6.13. The fraction of sp³-hybridized carbons (Fsp3) is 0.292. The van der Waals surface area contributed by atoms with Crippen molar-refractivity contribution in [1.29, 1.82) is 0 Å². The van der Waals surface area contributed by atoms with Crippen molar-refractivity contribution in [3.63, 3.8) is 0 Å². The summed E-state index contributed by atoms with van der Waals surface area (Å²) >= 11 is 0. The molecule has 0 amide bonds. The number of ether oxygens (including phenoxy) is 2. The number of rotatable bonds is 8. The van der Waals surface area contributed by atoms with Crippen LogP contribution in [0.4, 0.5) is 0 Å². The average molecular weight is 424 g/mol. The predicted octanol–water partition coefficient (Wildman–Crippen LogP) is 3.99. The van der Waals surface area contributed by atoms with Gasteiger partial charge in [-0.25, -0.2) is 4.79 Å². The van der Waals surface area contributed by atoms with Crippen molar-refractivity contribution in [2.24, 2.45) is 0 Å². The normalized spacial score (nSPS) is 14.8. The summed E-state index contributed by atoms with van der Waals surface area (Å²) < 4.78 is 11.0. The molecule has 3 rings (SSSR count). The van der Waals surface area contributed by atoms with Crippen molar-refractivity contribution in [3.8, 4) is 11.5 Å². The van der Waals surface area contributed by atoms with E-state index in [2.05, 4.69) is 0 Å². The number of allylic oxidation sites excluding steroid dienone is 1. The number of ketones is 1. The molecule has 2 N–H and O–H groups in total. The molecule has 0 fully saturated rings. The summed E-state index contributed by atoms with van der Waals surface area (Å²) in [6.45, 7) is 3.02. The van der Waals surface area contributed by atoms with Crippen molar-refractivity contribution in [2.75, 3.05) is 6.61 Å². The fourth-order valence-electron chi connectivity index (χ4n) is 3.25. The summed E-state index contributed by atoms with van der Waals surface area (Å²) in [5.74, 6) is -1.12. The van der Waals surface area contributed by atoms with Crippen molar-refractivity contribution in [3.05, 3.63) is 64.7 Å². The first-order valence-electron chi connectivity index (χ1n) is 9.91. The lowest BCUT2D eigenvalue weighted by Gasteiger charge is -2.23. The molecule has 0 saturated carbocycles. The van der Waals surface area contributed by atoms with Crippen LogP contribution in [0.2, 0.25) is 0 Å². The third-order valence-electron chi connectivity index (χ3n) is 4.95. The van der Waals surface area contributed by atoms with Gasteiger partial charge in [-0.3, -0.25) is 9.59 Å². The van der Waals surface area contributed by atoms with Gasteiger partial charge in [0.25, 0.3) is 0 Å². The number of aliphatic carboxylic acids is 2. The molecule has 7 heteroatoms. The zero-order chi connectivity index (χ0) is 22.6. The Morgan fingerprint density at radius 1 is 1.06 bits per heavy atom. The van der Waals surface area contributed by atoms with E-state index in [-0.39, 0.29) is 18.8 Å². The van der Waals surface area contributed by atoms with Crippen LogP contribution >= 0.6 is 0 Å². The maximum Gasteiger partial charge on any atom is 0.347 e. The molecule has 0 aromatic heterocycles. The molecule has 162 valence electrons. The van der Waals surface area contributed by atoms with Crippen molar-refractivity contribution in [2.45, 2.75) is 38.7 Å². The Bertz CT molecular complexity index is 1050. The van der Waals surface area contributed by atoms with Crippen LogP contribution in [0.25, 0.3) is 6.08 Å². The van der Waals surface area contributed by atoms with E-state index in [0.29, 0.717) is 35.5 Å². The van der Waals surface area contributed by atoms with Crippen molar-refractivity contribution in [1.82, 2.24) is 0 Å². The zero-order valence-corrected chi connectivity index (χ0v) is 17.4. The van der Waals surface area contributed by atoms with Crippen molar-refractivity contribution >= 4 is 23.8 Å². The number of hydrogen-bond acceptors (Lipinski definition) is 5. The van der Waals surface area contributed by atoms with E-state index in [0.717, 1.165) is 11.1 Å². The summed E-state index contributed by atoms with van der Waals surface area (Å²) in [5.41, 5.74) is 1.49. The number of carboxylic acids is 2. The summed E-state index contributed by atoms with van der Waals surface area (Å²) in [5, 5.41) is 17.9. The molecular weight excluding hydrogens is 400 g/mol. The van der Waals surface area contributed by atoms with Crippen LogP contribution in [-0.2, 0) is 16.0 Å². The minimum atomic E-state index is -1.37. The SMILES string of the molecule is CC(C)(Oc1ccc2c(c1)CC/C(=C\c1cccc(OCCC(=O)O)c1)C2=O)C(=O)O. The van der Waals surface area contributed by atoms with Gasteiger partial charge >= 0.3 is 11.9 Å². The molecule has 0 unspecified atom stereocenters. The average Bonchev–Trinajstić information content (AvgIpc) is 2.70. The Balaban J connectivity index is 1.76. The Labute approximate surface area is 179 Å². The molecule has 2 aromatic carbocycles. The van der Waals surface area contributed by atoms with Gasteiger partial charge in [0.2, 0.25) is 0 Å². The molecule has 0 atom stereocenters. The number of carbonyl (C=O) groups excluding carboxylic acids is 1. The van der Waals surface area contributed by atoms with E-state index in [9.17, 15) is 19.5 Å². The quantitative estimate of drug-likeness (QED) is 0.617. The molecule has 0 bridgehead atoms. The summed E-state index contributed by atoms with van der Waals surface area (Å²) in [7, 11) is 0. The fourth-order valence-corrected chi connectivity index (χ4v) is 3.25. The number of fused-ring (bicyclic) bond motifs is 1. The van der Waals surface area contributed by atoms with Crippen LogP contribution in [0.3, 0.4) is 0 Å². The smallest absolute Gasteiger partial charge is 0.347 e. The Hall–Kier alpha value is -3.61. The lowest BCUT2D eigenvalue weighted by molar-refractivity contribution is -0.152. The predicted molar refractivity (Wildman–Crippen MR) is 114 cm³/mol. The zero-order valence-electron chi connectivity index (χ0n) is 17.4. The molecule has 0 spiro atoms. The minimum absolute atomic E-state index is 0.0742. The van der Waals surface area contributed by atoms with Crippen LogP contribution < -0.4 is 9.47 Å². The van der Waals surface area contributed by atoms with Crippen LogP contribution in [0, 0.1) is 0 Å². The van der Waals surface area contributed by atoms with Gasteiger partial charge in [-0.1, -0.05) is 12.1 Å². The number of Topliss-reactive ketones (excluding diaryl/α,β-unsaturated/α-hetero) is 1. The van der Waals surface area contributed by atoms with E-state index in [1.165, 1.54) is 13.8 Å². The standard InChI is InChI=1S/C24H24O7/c1-24(2,23(28)29)31-19-8-9-20-16(14-19)6-7-17(22(20)27)12-15-4-3-5-18(13-15)30-11-10-21(25)26/h3-5,8-9,12-14H,6-7,10-11H2,1-2H3,(H,25,26)(H,28,29)/b17-12+. The highest BCUT2D eigenvalue weighted by atomic mass is 16.5. The maximum atomic E-state index is 13.0. The maximum absolute atomic E-state index is 13.0. The van der Waals surface area contributed by atoms with E-state index < -0.39 is 17.5 Å². The van der Waals surface area contributed by atoms with E-state index in [4.69, 9.17) is 14.6 Å². The van der Waals surface area contributed by atoms with E-state index >= 15 is 0 Å². The van der Waals surface area contributed by atoms with Crippen LogP contribution in [0.1, 0.15) is 48.2 Å². The van der Waals surface area contributed by atoms with Crippen molar-refractivity contribution < 1.29 is 34.1 Å². The number of carboxylic acid groups (broad SMARTS) is 2. The van der Waals surface area contributed by atoms with Crippen LogP contribution in [0.5, 0.6) is 11.5 Å². The largest absolute Gasteiger partial charge is 0.493 e. The molecule has 31 heavy (non-hydrogen) atoms. The Morgan fingerprint density at radius 3 is 2.55 bits per heavy atom. The van der Waals surface area contributed by atoms with Gasteiger partial charge in [0.05, 0.1) is 13.0 Å². The van der Waals surface area contributed by atoms with Gasteiger partial charge < -0.3 is 19.7 Å². The third-order valence-corrected chi connectivity index (χ3v) is 4.95. The van der Waals surface area contributed by atoms with Gasteiger partial charge in [0, 0.05) is 11.1 Å². The van der Waals surface area contributed by atoms with Gasteiger partial charge in [-0.15, -0.1) is 0 Å². The molecular formula is C24H24O7. The molecule has 2 aromatic rings.